The monoisotopic (exact) mass is 487 g/mol. The number of nitrogens with one attached hydrogen (secondary N) is 2. The smallest absolute Gasteiger partial charge is 0.0912 e. The van der Waals surface area contributed by atoms with Crippen molar-refractivity contribution in [3.8, 4) is 11.4 Å². The SMILES string of the molecule is C=C1\C=C/C(c2cn[nH]c2-c2cccc(C)n2)=C/C=C/C1=C/C(=C\C)C1=C(C)NC=C2CCCN=C1C2. The average Bonchev–Trinajstić information content (AvgIpc) is 3.18. The molecule has 0 spiro atoms. The maximum atomic E-state index is 4.96. The summed E-state index contributed by atoms with van der Waals surface area (Å²) in [6.45, 7) is 11.5. The van der Waals surface area contributed by atoms with E-state index in [0.717, 1.165) is 76.4 Å². The van der Waals surface area contributed by atoms with Gasteiger partial charge < -0.3 is 5.32 Å². The van der Waals surface area contributed by atoms with Crippen LogP contribution in [0.25, 0.3) is 17.0 Å². The minimum Gasteiger partial charge on any atom is -0.365 e. The fraction of sp³-hybridized carbons (Fsp3) is 0.219. The van der Waals surface area contributed by atoms with Crippen molar-refractivity contribution in [2.75, 3.05) is 6.54 Å². The van der Waals surface area contributed by atoms with Crippen LogP contribution < -0.4 is 5.32 Å². The number of aromatic amines is 1. The summed E-state index contributed by atoms with van der Waals surface area (Å²) in [5.41, 5.74) is 12.9. The summed E-state index contributed by atoms with van der Waals surface area (Å²) in [5.74, 6) is 0. The Balaban J connectivity index is 1.47. The van der Waals surface area contributed by atoms with E-state index in [1.165, 1.54) is 16.9 Å². The van der Waals surface area contributed by atoms with Crippen LogP contribution in [0.2, 0.25) is 0 Å². The molecular weight excluding hydrogens is 454 g/mol. The molecule has 1 aliphatic carbocycles. The Morgan fingerprint density at radius 3 is 2.86 bits per heavy atom. The number of aryl methyl sites for hydroxylation is 1. The quantitative estimate of drug-likeness (QED) is 0.483. The summed E-state index contributed by atoms with van der Waals surface area (Å²) < 4.78 is 0. The van der Waals surface area contributed by atoms with E-state index in [9.17, 15) is 0 Å². The van der Waals surface area contributed by atoms with Gasteiger partial charge in [-0.15, -0.1) is 0 Å². The number of aromatic nitrogens is 3. The topological polar surface area (TPSA) is 66.0 Å². The predicted molar refractivity (Wildman–Crippen MR) is 154 cm³/mol. The molecular formula is C32H33N5. The maximum absolute atomic E-state index is 4.96. The fourth-order valence-electron chi connectivity index (χ4n) is 4.93. The van der Waals surface area contributed by atoms with Gasteiger partial charge in [0.25, 0.3) is 0 Å². The first-order valence-electron chi connectivity index (χ1n) is 12.8. The van der Waals surface area contributed by atoms with Crippen molar-refractivity contribution < 1.29 is 0 Å². The molecule has 0 saturated carbocycles. The molecule has 2 aromatic heterocycles. The van der Waals surface area contributed by atoms with Gasteiger partial charge >= 0.3 is 0 Å². The predicted octanol–water partition coefficient (Wildman–Crippen LogP) is 7.10. The lowest BCUT2D eigenvalue weighted by atomic mass is 9.91. The van der Waals surface area contributed by atoms with Gasteiger partial charge in [0.1, 0.15) is 0 Å². The van der Waals surface area contributed by atoms with Crippen molar-refractivity contribution in [3.63, 3.8) is 0 Å². The van der Waals surface area contributed by atoms with Gasteiger partial charge in [-0.3, -0.25) is 15.1 Å². The average molecular weight is 488 g/mol. The Kier molecular flexibility index (Phi) is 7.13. The Labute approximate surface area is 219 Å². The molecule has 0 fully saturated rings. The molecule has 0 atom stereocenters. The maximum Gasteiger partial charge on any atom is 0.0912 e. The lowest BCUT2D eigenvalue weighted by Crippen LogP contribution is -2.11. The van der Waals surface area contributed by atoms with Gasteiger partial charge in [0.2, 0.25) is 0 Å². The highest BCUT2D eigenvalue weighted by Crippen LogP contribution is 2.31. The summed E-state index contributed by atoms with van der Waals surface area (Å²) in [5, 5.41) is 10.9. The second kappa shape index (κ2) is 10.8. The zero-order valence-electron chi connectivity index (χ0n) is 21.8. The number of fused-ring (bicyclic) bond motifs is 2. The van der Waals surface area contributed by atoms with Crippen molar-refractivity contribution in [1.29, 1.82) is 0 Å². The number of nitrogens with zero attached hydrogens (tertiary/aromatic N) is 3. The van der Waals surface area contributed by atoms with Crippen LogP contribution in [0.4, 0.5) is 0 Å². The van der Waals surface area contributed by atoms with E-state index in [1.54, 1.807) is 0 Å². The Morgan fingerprint density at radius 2 is 2.03 bits per heavy atom. The van der Waals surface area contributed by atoms with Crippen LogP contribution in [0.5, 0.6) is 0 Å². The van der Waals surface area contributed by atoms with E-state index >= 15 is 0 Å². The third-order valence-corrected chi connectivity index (χ3v) is 6.90. The Bertz CT molecular complexity index is 1480. The van der Waals surface area contributed by atoms with Crippen molar-refractivity contribution in [3.05, 3.63) is 125 Å². The van der Waals surface area contributed by atoms with E-state index in [0.29, 0.717) is 0 Å². The van der Waals surface area contributed by atoms with Crippen molar-refractivity contribution >= 4 is 11.3 Å². The summed E-state index contributed by atoms with van der Waals surface area (Å²) in [6, 6.07) is 6.01. The molecule has 37 heavy (non-hydrogen) atoms. The zero-order chi connectivity index (χ0) is 25.8. The Hall–Kier alpha value is -4.25. The molecule has 2 aromatic rings. The largest absolute Gasteiger partial charge is 0.365 e. The first-order valence-corrected chi connectivity index (χ1v) is 12.8. The van der Waals surface area contributed by atoms with Crippen LogP contribution in [0.1, 0.15) is 44.4 Å². The highest BCUT2D eigenvalue weighted by Gasteiger charge is 2.21. The first-order chi connectivity index (χ1) is 18.0. The van der Waals surface area contributed by atoms with Crippen LogP contribution in [0.15, 0.2) is 118 Å². The molecule has 5 heteroatoms. The Morgan fingerprint density at radius 1 is 1.14 bits per heavy atom. The van der Waals surface area contributed by atoms with E-state index in [4.69, 9.17) is 4.99 Å². The molecule has 0 unspecified atom stereocenters. The van der Waals surface area contributed by atoms with Gasteiger partial charge in [-0.25, -0.2) is 0 Å². The summed E-state index contributed by atoms with van der Waals surface area (Å²) in [7, 11) is 0. The number of hydrogen-bond donors (Lipinski definition) is 2. The minimum absolute atomic E-state index is 0.879. The minimum atomic E-state index is 0.879. The molecule has 186 valence electrons. The lowest BCUT2D eigenvalue weighted by Gasteiger charge is -2.15. The van der Waals surface area contributed by atoms with Crippen molar-refractivity contribution in [1.82, 2.24) is 20.5 Å². The highest BCUT2D eigenvalue weighted by atomic mass is 15.1. The molecule has 4 heterocycles. The van der Waals surface area contributed by atoms with Crippen LogP contribution in [0.3, 0.4) is 0 Å². The molecule has 5 nitrogen and oxygen atoms in total. The number of hydrogen-bond acceptors (Lipinski definition) is 4. The molecule has 0 amide bonds. The van der Waals surface area contributed by atoms with Crippen LogP contribution in [-0.2, 0) is 0 Å². The highest BCUT2D eigenvalue weighted by molar-refractivity contribution is 6.07. The van der Waals surface area contributed by atoms with E-state index in [2.05, 4.69) is 89.7 Å². The lowest BCUT2D eigenvalue weighted by molar-refractivity contribution is 0.827. The molecule has 0 aromatic carbocycles. The molecule has 2 aliphatic heterocycles. The van der Waals surface area contributed by atoms with Gasteiger partial charge in [-0.1, -0.05) is 49.1 Å². The van der Waals surface area contributed by atoms with E-state index in [-0.39, 0.29) is 0 Å². The summed E-state index contributed by atoms with van der Waals surface area (Å²) in [4.78, 5) is 9.63. The van der Waals surface area contributed by atoms with Gasteiger partial charge in [0.05, 0.1) is 17.6 Å². The van der Waals surface area contributed by atoms with Crippen LogP contribution >= 0.6 is 0 Å². The summed E-state index contributed by atoms with van der Waals surface area (Å²) in [6.07, 6.45) is 22.0. The van der Waals surface area contributed by atoms with E-state index < -0.39 is 0 Å². The van der Waals surface area contributed by atoms with Gasteiger partial charge in [0, 0.05) is 47.4 Å². The molecule has 2 bridgehead atoms. The second-order valence-electron chi connectivity index (χ2n) is 9.56. The standard InChI is InChI=1S/C32H33N5/c1-5-25(31-23(4)34-19-24-10-8-16-33-30(31)17-24)18-27-12-7-11-26(15-14-21(27)2)28-20-35-37-32(28)29-13-6-9-22(3)36-29/h5-7,9,11-15,18-20,34H,2,8,10,16-17H2,1,3-4H3,(H,35,37)/b12-7+,15-14-,25-5+,26-11-,27-18-. The normalized spacial score (nSPS) is 22.6. The number of rotatable bonds is 4. The molecule has 5 rings (SSSR count). The van der Waals surface area contributed by atoms with E-state index in [1.807, 2.05) is 31.3 Å². The molecule has 0 saturated heterocycles. The van der Waals surface area contributed by atoms with Gasteiger partial charge in [-0.2, -0.15) is 5.10 Å². The first kappa shape index (κ1) is 24.4. The number of pyridine rings is 1. The second-order valence-corrected chi connectivity index (χ2v) is 9.56. The number of allylic oxidation sites excluding steroid dienone is 14. The molecule has 3 aliphatic rings. The van der Waals surface area contributed by atoms with Crippen LogP contribution in [-0.4, -0.2) is 27.4 Å². The van der Waals surface area contributed by atoms with Crippen molar-refractivity contribution in [2.24, 2.45) is 4.99 Å². The number of H-pyrrole nitrogens is 1. The van der Waals surface area contributed by atoms with Gasteiger partial charge in [-0.05, 0) is 79.7 Å². The van der Waals surface area contributed by atoms with Crippen LogP contribution in [0, 0.1) is 6.92 Å². The summed E-state index contributed by atoms with van der Waals surface area (Å²) >= 11 is 0. The van der Waals surface area contributed by atoms with Crippen molar-refractivity contribution in [2.45, 2.75) is 40.0 Å². The van der Waals surface area contributed by atoms with Gasteiger partial charge in [0.15, 0.2) is 0 Å². The third kappa shape index (κ3) is 5.31. The fourth-order valence-corrected chi connectivity index (χ4v) is 4.93. The number of aliphatic imine (C=N–C) groups is 1. The third-order valence-electron chi connectivity index (χ3n) is 6.90. The molecule has 0 radical (unpaired) electrons. The molecule has 2 N–H and O–H groups in total. The zero-order valence-corrected chi connectivity index (χ0v) is 21.8.